The zero-order valence-electron chi connectivity index (χ0n) is 12.4. The van der Waals surface area contributed by atoms with Crippen molar-refractivity contribution in [3.05, 3.63) is 69.9 Å². The van der Waals surface area contributed by atoms with Crippen molar-refractivity contribution in [1.82, 2.24) is 4.98 Å². The number of fused-ring (bicyclic) bond motifs is 1. The van der Waals surface area contributed by atoms with Crippen LogP contribution < -0.4 is 0 Å². The predicted molar refractivity (Wildman–Crippen MR) is 80.9 cm³/mol. The van der Waals surface area contributed by atoms with Crippen molar-refractivity contribution >= 4 is 22.8 Å². The number of ether oxygens (including phenoxy) is 1. The Morgan fingerprint density at radius 1 is 1.33 bits per heavy atom. The smallest absolute Gasteiger partial charge is 0.317 e. The maximum Gasteiger partial charge on any atom is 0.317 e. The van der Waals surface area contributed by atoms with Gasteiger partial charge in [0.15, 0.2) is 12.0 Å². The molecule has 0 spiro atoms. The van der Waals surface area contributed by atoms with E-state index in [0.29, 0.717) is 16.7 Å². The molecule has 0 N–H and O–H groups in total. The highest BCUT2D eigenvalue weighted by Crippen LogP contribution is 2.31. The number of carbonyl (C=O) groups excluding carboxylic acids is 1. The van der Waals surface area contributed by atoms with Crippen LogP contribution in [0.3, 0.4) is 0 Å². The van der Waals surface area contributed by atoms with Crippen molar-refractivity contribution in [2.45, 2.75) is 5.92 Å². The van der Waals surface area contributed by atoms with E-state index in [1.807, 2.05) is 0 Å². The van der Waals surface area contributed by atoms with Crippen LogP contribution in [-0.2, 0) is 9.53 Å². The van der Waals surface area contributed by atoms with Crippen LogP contribution in [-0.4, -0.2) is 23.0 Å². The molecule has 122 valence electrons. The number of hydrogen-bond donors (Lipinski definition) is 0. The summed E-state index contributed by atoms with van der Waals surface area (Å²) in [5.74, 6) is -2.62. The van der Waals surface area contributed by atoms with Gasteiger partial charge in [-0.15, -0.1) is 0 Å². The molecule has 1 aromatic heterocycles. The van der Waals surface area contributed by atoms with E-state index >= 15 is 0 Å². The Morgan fingerprint density at radius 2 is 2.12 bits per heavy atom. The molecule has 0 saturated heterocycles. The number of methoxy groups -OCH3 is 1. The summed E-state index contributed by atoms with van der Waals surface area (Å²) in [6.45, 7) is 0. The molecule has 0 saturated carbocycles. The Hall–Kier alpha value is -3.29. The number of halogens is 1. The van der Waals surface area contributed by atoms with Crippen LogP contribution >= 0.6 is 0 Å². The number of nitro benzene ring substituents is 1. The third-order valence-corrected chi connectivity index (χ3v) is 3.63. The molecule has 8 heteroatoms. The lowest BCUT2D eigenvalue weighted by Crippen LogP contribution is -2.17. The average Bonchev–Trinajstić information content (AvgIpc) is 3.03. The second kappa shape index (κ2) is 6.07. The van der Waals surface area contributed by atoms with Gasteiger partial charge in [0.2, 0.25) is 0 Å². The van der Waals surface area contributed by atoms with Gasteiger partial charge in [0, 0.05) is 11.6 Å². The summed E-state index contributed by atoms with van der Waals surface area (Å²) in [5.41, 5.74) is 1.05. The largest absolute Gasteiger partial charge is 0.468 e. The predicted octanol–water partition coefficient (Wildman–Crippen LogP) is 3.18. The first-order valence-corrected chi connectivity index (χ1v) is 6.86. The molecular formula is C16H11FN2O5. The first-order chi connectivity index (χ1) is 11.5. The van der Waals surface area contributed by atoms with Gasteiger partial charge in [0.05, 0.1) is 18.1 Å². The van der Waals surface area contributed by atoms with Crippen LogP contribution in [0.25, 0.3) is 11.1 Å². The fourth-order valence-corrected chi connectivity index (χ4v) is 2.48. The highest BCUT2D eigenvalue weighted by molar-refractivity contribution is 5.84. The summed E-state index contributed by atoms with van der Waals surface area (Å²) >= 11 is 0. The average molecular weight is 330 g/mol. The molecule has 24 heavy (non-hydrogen) atoms. The Balaban J connectivity index is 2.13. The number of benzene rings is 2. The summed E-state index contributed by atoms with van der Waals surface area (Å²) < 4.78 is 24.2. The first-order valence-electron chi connectivity index (χ1n) is 6.86. The Morgan fingerprint density at radius 3 is 2.79 bits per heavy atom. The van der Waals surface area contributed by atoms with Crippen molar-refractivity contribution in [2.75, 3.05) is 7.11 Å². The molecule has 0 fully saturated rings. The highest BCUT2D eigenvalue weighted by atomic mass is 19.1. The third kappa shape index (κ3) is 2.69. The SMILES string of the molecule is COC(=O)C(c1ccc2ocnc2c1)c1ccc([N+](=O)[O-])cc1F. The van der Waals surface area contributed by atoms with E-state index in [0.717, 1.165) is 12.1 Å². The van der Waals surface area contributed by atoms with Gasteiger partial charge in [-0.3, -0.25) is 14.9 Å². The van der Waals surface area contributed by atoms with Crippen molar-refractivity contribution in [3.8, 4) is 0 Å². The molecule has 0 aliphatic rings. The molecule has 0 aliphatic carbocycles. The van der Waals surface area contributed by atoms with Crippen LogP contribution in [0.15, 0.2) is 47.2 Å². The monoisotopic (exact) mass is 330 g/mol. The van der Waals surface area contributed by atoms with E-state index < -0.39 is 28.3 Å². The van der Waals surface area contributed by atoms with Crippen LogP contribution in [0, 0.1) is 15.9 Å². The van der Waals surface area contributed by atoms with Crippen molar-refractivity contribution in [3.63, 3.8) is 0 Å². The molecule has 7 nitrogen and oxygen atoms in total. The summed E-state index contributed by atoms with van der Waals surface area (Å²) in [6.07, 6.45) is 1.26. The molecule has 2 aromatic carbocycles. The van der Waals surface area contributed by atoms with Gasteiger partial charge in [-0.05, 0) is 23.8 Å². The Bertz CT molecular complexity index is 937. The zero-order valence-corrected chi connectivity index (χ0v) is 12.4. The lowest BCUT2D eigenvalue weighted by atomic mass is 9.90. The number of non-ortho nitro benzene ring substituents is 1. The summed E-state index contributed by atoms with van der Waals surface area (Å²) in [4.78, 5) is 26.2. The van der Waals surface area contributed by atoms with Gasteiger partial charge in [0.25, 0.3) is 5.69 Å². The molecule has 1 heterocycles. The molecule has 1 unspecified atom stereocenters. The number of rotatable bonds is 4. The normalized spacial score (nSPS) is 12.1. The Kier molecular flexibility index (Phi) is 3.95. The number of nitro groups is 1. The van der Waals surface area contributed by atoms with Crippen molar-refractivity contribution in [2.24, 2.45) is 0 Å². The summed E-state index contributed by atoms with van der Waals surface area (Å²) in [6, 6.07) is 7.92. The van der Waals surface area contributed by atoms with Gasteiger partial charge < -0.3 is 9.15 Å². The number of aromatic nitrogens is 1. The highest BCUT2D eigenvalue weighted by Gasteiger charge is 2.28. The second-order valence-electron chi connectivity index (χ2n) is 5.00. The van der Waals surface area contributed by atoms with E-state index in [1.165, 1.54) is 19.6 Å². The molecule has 0 radical (unpaired) electrons. The van der Waals surface area contributed by atoms with Gasteiger partial charge in [-0.2, -0.15) is 0 Å². The summed E-state index contributed by atoms with van der Waals surface area (Å²) in [7, 11) is 1.19. The zero-order chi connectivity index (χ0) is 17.3. The van der Waals surface area contributed by atoms with Crippen LogP contribution in [0.2, 0.25) is 0 Å². The molecule has 0 amide bonds. The number of carbonyl (C=O) groups is 1. The fraction of sp³-hybridized carbons (Fsp3) is 0.125. The summed E-state index contributed by atoms with van der Waals surface area (Å²) in [5, 5.41) is 10.7. The van der Waals surface area contributed by atoms with Crippen LogP contribution in [0.1, 0.15) is 17.0 Å². The van der Waals surface area contributed by atoms with Crippen LogP contribution in [0.4, 0.5) is 10.1 Å². The lowest BCUT2D eigenvalue weighted by Gasteiger charge is -2.16. The minimum atomic E-state index is -1.07. The van der Waals surface area contributed by atoms with E-state index in [4.69, 9.17) is 9.15 Å². The van der Waals surface area contributed by atoms with Gasteiger partial charge in [0.1, 0.15) is 17.3 Å². The van der Waals surface area contributed by atoms with Gasteiger partial charge >= 0.3 is 5.97 Å². The van der Waals surface area contributed by atoms with E-state index in [9.17, 15) is 19.3 Å². The van der Waals surface area contributed by atoms with Crippen molar-refractivity contribution < 1.29 is 23.3 Å². The second-order valence-corrected chi connectivity index (χ2v) is 5.00. The molecule has 0 bridgehead atoms. The molecule has 1 atom stereocenters. The minimum Gasteiger partial charge on any atom is -0.468 e. The standard InChI is InChI=1S/C16H11FN2O5/c1-23-16(20)15(9-2-5-14-13(6-9)18-8-24-14)11-4-3-10(19(21)22)7-12(11)17/h2-8,15H,1H3. The molecule has 3 aromatic rings. The van der Waals surface area contributed by atoms with Gasteiger partial charge in [-0.1, -0.05) is 6.07 Å². The lowest BCUT2D eigenvalue weighted by molar-refractivity contribution is -0.385. The number of esters is 1. The topological polar surface area (TPSA) is 95.5 Å². The maximum atomic E-state index is 14.4. The third-order valence-electron chi connectivity index (χ3n) is 3.63. The van der Waals surface area contributed by atoms with Crippen LogP contribution in [0.5, 0.6) is 0 Å². The molecule has 3 rings (SSSR count). The van der Waals surface area contributed by atoms with E-state index in [-0.39, 0.29) is 5.56 Å². The molecular weight excluding hydrogens is 319 g/mol. The fourth-order valence-electron chi connectivity index (χ4n) is 2.48. The van der Waals surface area contributed by atoms with E-state index in [2.05, 4.69) is 4.98 Å². The first kappa shape index (κ1) is 15.6. The number of oxazole rings is 1. The van der Waals surface area contributed by atoms with E-state index in [1.54, 1.807) is 18.2 Å². The number of hydrogen-bond acceptors (Lipinski definition) is 6. The van der Waals surface area contributed by atoms with Crippen molar-refractivity contribution in [1.29, 1.82) is 0 Å². The minimum absolute atomic E-state index is 0.0182. The van der Waals surface area contributed by atoms with Gasteiger partial charge in [-0.25, -0.2) is 9.37 Å². The Labute approximate surface area is 134 Å². The maximum absolute atomic E-state index is 14.4. The number of nitrogens with zero attached hydrogens (tertiary/aromatic N) is 2. The molecule has 0 aliphatic heterocycles. The quantitative estimate of drug-likeness (QED) is 0.414.